The third-order valence-electron chi connectivity index (χ3n) is 2.10. The van der Waals surface area contributed by atoms with Gasteiger partial charge in [0.05, 0.1) is 12.7 Å². The maximum atomic E-state index is 11.4. The van der Waals surface area contributed by atoms with E-state index in [1.54, 1.807) is 19.7 Å². The lowest BCUT2D eigenvalue weighted by Gasteiger charge is -2.26. The van der Waals surface area contributed by atoms with Crippen LogP contribution in [0.3, 0.4) is 0 Å². The third-order valence-corrected chi connectivity index (χ3v) is 2.10. The fourth-order valence-electron chi connectivity index (χ4n) is 1.36. The molecule has 0 N–H and O–H groups in total. The minimum absolute atomic E-state index is 0.00981. The van der Waals surface area contributed by atoms with Gasteiger partial charge in [0.2, 0.25) is 0 Å². The van der Waals surface area contributed by atoms with Gasteiger partial charge < -0.3 is 9.80 Å². The molecule has 0 saturated heterocycles. The first-order valence-electron chi connectivity index (χ1n) is 3.75. The van der Waals surface area contributed by atoms with E-state index in [2.05, 4.69) is 9.98 Å². The fourth-order valence-corrected chi connectivity index (χ4v) is 1.36. The zero-order valence-electron chi connectivity index (χ0n) is 7.01. The highest BCUT2D eigenvalue weighted by molar-refractivity contribution is 5.95. The molecule has 0 fully saturated rings. The molecule has 0 radical (unpaired) electrons. The van der Waals surface area contributed by atoms with Crippen molar-refractivity contribution in [2.45, 2.75) is 12.2 Å². The van der Waals surface area contributed by atoms with Crippen molar-refractivity contribution in [1.82, 2.24) is 9.80 Å². The molecule has 0 aromatic rings. The maximum Gasteiger partial charge on any atom is 0.256 e. The Hall–Kier alpha value is -1.39. The van der Waals surface area contributed by atoms with Crippen LogP contribution in [0.4, 0.5) is 0 Å². The maximum absolute atomic E-state index is 11.4. The Morgan fingerprint density at radius 1 is 1.33 bits per heavy atom. The molecule has 0 bridgehead atoms. The summed E-state index contributed by atoms with van der Waals surface area (Å²) in [7, 11) is 3.56. The number of nitrogens with zero attached hydrogens (tertiary/aromatic N) is 4. The number of aliphatic imine (C=N–C) groups is 2. The Morgan fingerprint density at radius 2 is 2.08 bits per heavy atom. The topological polar surface area (TPSA) is 48.3 Å². The second-order valence-electron chi connectivity index (χ2n) is 3.00. The van der Waals surface area contributed by atoms with Crippen LogP contribution < -0.4 is 0 Å². The molecule has 0 saturated carbocycles. The zero-order chi connectivity index (χ0) is 8.72. The zero-order valence-corrected chi connectivity index (χ0v) is 7.01. The summed E-state index contributed by atoms with van der Waals surface area (Å²) in [5, 5.41) is 0. The smallest absolute Gasteiger partial charge is 0.256 e. The molecule has 5 heteroatoms. The van der Waals surface area contributed by atoms with E-state index in [4.69, 9.17) is 0 Å². The van der Waals surface area contributed by atoms with Crippen molar-refractivity contribution in [3.63, 3.8) is 0 Å². The van der Waals surface area contributed by atoms with Crippen molar-refractivity contribution in [2.75, 3.05) is 14.1 Å². The number of amides is 1. The lowest BCUT2D eigenvalue weighted by molar-refractivity contribution is -0.128. The van der Waals surface area contributed by atoms with Crippen molar-refractivity contribution >= 4 is 18.6 Å². The van der Waals surface area contributed by atoms with Gasteiger partial charge in [0.15, 0.2) is 12.2 Å². The minimum atomic E-state index is -0.329. The van der Waals surface area contributed by atoms with Crippen LogP contribution in [0.1, 0.15) is 0 Å². The van der Waals surface area contributed by atoms with E-state index in [0.29, 0.717) is 0 Å². The highest BCUT2D eigenvalue weighted by Gasteiger charge is 2.37. The van der Waals surface area contributed by atoms with E-state index in [0.717, 1.165) is 0 Å². The molecular weight excluding hydrogens is 156 g/mol. The Balaban J connectivity index is 2.31. The van der Waals surface area contributed by atoms with E-state index in [-0.39, 0.29) is 18.1 Å². The van der Waals surface area contributed by atoms with E-state index >= 15 is 0 Å². The van der Waals surface area contributed by atoms with Crippen molar-refractivity contribution in [3.8, 4) is 0 Å². The summed E-state index contributed by atoms with van der Waals surface area (Å²) < 4.78 is 0. The van der Waals surface area contributed by atoms with Gasteiger partial charge in [-0.05, 0) is 0 Å². The number of fused-ring (bicyclic) bond motifs is 1. The van der Waals surface area contributed by atoms with Crippen LogP contribution in [0, 0.1) is 0 Å². The second kappa shape index (κ2) is 2.30. The van der Waals surface area contributed by atoms with Crippen molar-refractivity contribution in [1.29, 1.82) is 0 Å². The molecule has 0 aromatic carbocycles. The van der Waals surface area contributed by atoms with Gasteiger partial charge >= 0.3 is 0 Å². The molecule has 0 spiro atoms. The Morgan fingerprint density at radius 3 is 2.83 bits per heavy atom. The highest BCUT2D eigenvalue weighted by atomic mass is 16.2. The van der Waals surface area contributed by atoms with Gasteiger partial charge in [-0.25, -0.2) is 4.99 Å². The number of hydrogen-bond donors (Lipinski definition) is 0. The minimum Gasteiger partial charge on any atom is -0.342 e. The van der Waals surface area contributed by atoms with Crippen LogP contribution in [-0.4, -0.2) is 54.7 Å². The highest BCUT2D eigenvalue weighted by Crippen LogP contribution is 2.17. The summed E-state index contributed by atoms with van der Waals surface area (Å²) in [4.78, 5) is 23.0. The molecule has 1 amide bonds. The second-order valence-corrected chi connectivity index (χ2v) is 3.00. The fraction of sp³-hybridized carbons (Fsp3) is 0.571. The molecule has 2 unspecified atom stereocenters. The Labute approximate surface area is 70.4 Å². The summed E-state index contributed by atoms with van der Waals surface area (Å²) in [5.41, 5.74) is 0. The quantitative estimate of drug-likeness (QED) is 0.471. The van der Waals surface area contributed by atoms with Crippen LogP contribution in [0.2, 0.25) is 0 Å². The summed E-state index contributed by atoms with van der Waals surface area (Å²) >= 11 is 0. The van der Waals surface area contributed by atoms with Crippen LogP contribution in [0.5, 0.6) is 0 Å². The first kappa shape index (κ1) is 7.27. The summed E-state index contributed by atoms with van der Waals surface area (Å²) in [5.74, 6) is 0.00981. The van der Waals surface area contributed by atoms with Crippen LogP contribution in [0.25, 0.3) is 0 Å². The first-order valence-corrected chi connectivity index (χ1v) is 3.75. The van der Waals surface area contributed by atoms with Gasteiger partial charge in [-0.3, -0.25) is 9.79 Å². The largest absolute Gasteiger partial charge is 0.342 e. The number of carbonyl (C=O) groups excluding carboxylic acids is 1. The van der Waals surface area contributed by atoms with Crippen molar-refractivity contribution < 1.29 is 4.79 Å². The van der Waals surface area contributed by atoms with E-state index in [9.17, 15) is 4.79 Å². The molecule has 2 heterocycles. The SMILES string of the molecule is CN1C=NC2C(N=CN2C)C1=O. The average Bonchev–Trinajstić information content (AvgIpc) is 2.41. The van der Waals surface area contributed by atoms with Crippen molar-refractivity contribution in [3.05, 3.63) is 0 Å². The predicted octanol–water partition coefficient (Wildman–Crippen LogP) is -0.845. The Kier molecular flexibility index (Phi) is 1.39. The van der Waals surface area contributed by atoms with Gasteiger partial charge in [-0.1, -0.05) is 0 Å². The number of rotatable bonds is 0. The standard InChI is InChI=1S/C7H10N4O/c1-10-3-8-5-6(10)9-4-11(2)7(5)12/h3-6H,1-2H3. The summed E-state index contributed by atoms with van der Waals surface area (Å²) in [6.07, 6.45) is 3.09. The molecule has 12 heavy (non-hydrogen) atoms. The number of hydrogen-bond acceptors (Lipinski definition) is 4. The molecule has 2 rings (SSSR count). The Bertz CT molecular complexity index is 273. The van der Waals surface area contributed by atoms with E-state index in [1.807, 2.05) is 11.9 Å². The molecule has 2 aliphatic rings. The summed E-state index contributed by atoms with van der Waals surface area (Å²) in [6.45, 7) is 0. The van der Waals surface area contributed by atoms with Gasteiger partial charge in [0.1, 0.15) is 0 Å². The molecule has 5 nitrogen and oxygen atoms in total. The van der Waals surface area contributed by atoms with Gasteiger partial charge in [0.25, 0.3) is 5.91 Å². The van der Waals surface area contributed by atoms with Crippen LogP contribution in [-0.2, 0) is 4.79 Å². The van der Waals surface area contributed by atoms with Crippen LogP contribution in [0.15, 0.2) is 9.98 Å². The number of carbonyl (C=O) groups is 1. The van der Waals surface area contributed by atoms with Crippen LogP contribution >= 0.6 is 0 Å². The van der Waals surface area contributed by atoms with E-state index < -0.39 is 0 Å². The third kappa shape index (κ3) is 0.823. The monoisotopic (exact) mass is 166 g/mol. The summed E-state index contributed by atoms with van der Waals surface area (Å²) in [6, 6.07) is -0.329. The average molecular weight is 166 g/mol. The van der Waals surface area contributed by atoms with Gasteiger partial charge in [-0.2, -0.15) is 0 Å². The first-order chi connectivity index (χ1) is 5.70. The lowest BCUT2D eigenvalue weighted by Crippen LogP contribution is -2.47. The van der Waals surface area contributed by atoms with Crippen molar-refractivity contribution in [2.24, 2.45) is 9.98 Å². The molecule has 2 atom stereocenters. The van der Waals surface area contributed by atoms with E-state index in [1.165, 1.54) is 4.90 Å². The molecule has 0 aromatic heterocycles. The predicted molar refractivity (Wildman–Crippen MR) is 45.1 cm³/mol. The van der Waals surface area contributed by atoms with Gasteiger partial charge in [-0.15, -0.1) is 0 Å². The molecule has 64 valence electrons. The molecule has 0 aliphatic carbocycles. The molecular formula is C7H10N4O. The number of likely N-dealkylation sites (N-methyl/N-ethyl adjacent to an activating group) is 2. The molecule has 2 aliphatic heterocycles. The normalized spacial score (nSPS) is 33.0. The van der Waals surface area contributed by atoms with Gasteiger partial charge in [0, 0.05) is 14.1 Å². The lowest BCUT2D eigenvalue weighted by atomic mass is 10.2.